The van der Waals surface area contributed by atoms with Crippen LogP contribution in [0.2, 0.25) is 5.02 Å². The zero-order valence-electron chi connectivity index (χ0n) is 17.3. The van der Waals surface area contributed by atoms with E-state index in [-0.39, 0.29) is 6.03 Å². The molecule has 0 unspecified atom stereocenters. The minimum Gasteiger partial charge on any atom is -0.488 e. The highest BCUT2D eigenvalue weighted by molar-refractivity contribution is 6.31. The second-order valence-electron chi connectivity index (χ2n) is 7.16. The Balaban J connectivity index is 1.34. The van der Waals surface area contributed by atoms with Crippen LogP contribution in [0.1, 0.15) is 11.1 Å². The molecule has 5 nitrogen and oxygen atoms in total. The van der Waals surface area contributed by atoms with Gasteiger partial charge in [0.15, 0.2) is 0 Å². The average Bonchev–Trinajstić information content (AvgIpc) is 2.84. The number of halogens is 1. The maximum Gasteiger partial charge on any atom is 0.319 e. The number of hydrogen-bond acceptors (Lipinski definition) is 3. The van der Waals surface area contributed by atoms with Gasteiger partial charge in [-0.05, 0) is 53.1 Å². The molecule has 0 fully saturated rings. The number of nitrogens with zero attached hydrogens (tertiary/aromatic N) is 1. The number of nitrogens with one attached hydrogen (secondary N) is 2. The Morgan fingerprint density at radius 2 is 1.72 bits per heavy atom. The molecule has 4 aromatic rings. The number of benzene rings is 3. The summed E-state index contributed by atoms with van der Waals surface area (Å²) in [6, 6.07) is 26.6. The molecule has 2 amide bonds. The van der Waals surface area contributed by atoms with Gasteiger partial charge in [-0.3, -0.25) is 4.98 Å². The van der Waals surface area contributed by atoms with Gasteiger partial charge in [-0.25, -0.2) is 4.79 Å². The van der Waals surface area contributed by atoms with Gasteiger partial charge in [0.1, 0.15) is 12.4 Å². The van der Waals surface area contributed by atoms with Gasteiger partial charge in [-0.1, -0.05) is 60.1 Å². The van der Waals surface area contributed by atoms with E-state index in [0.29, 0.717) is 23.9 Å². The third-order valence-corrected chi connectivity index (χ3v) is 5.04. The lowest BCUT2D eigenvalue weighted by Gasteiger charge is -2.13. The highest BCUT2D eigenvalue weighted by atomic mass is 35.5. The molecule has 160 valence electrons. The Hall–Kier alpha value is -3.83. The minimum absolute atomic E-state index is 0.272. The van der Waals surface area contributed by atoms with Crippen molar-refractivity contribution < 1.29 is 9.53 Å². The number of carbonyl (C=O) groups is 1. The van der Waals surface area contributed by atoms with Gasteiger partial charge in [0.2, 0.25) is 0 Å². The van der Waals surface area contributed by atoms with Crippen LogP contribution >= 0.6 is 11.6 Å². The number of ether oxygens (including phenoxy) is 1. The number of hydrogen-bond donors (Lipinski definition) is 2. The third kappa shape index (κ3) is 5.86. The van der Waals surface area contributed by atoms with Gasteiger partial charge >= 0.3 is 6.03 Å². The number of pyridine rings is 1. The van der Waals surface area contributed by atoms with Crippen molar-refractivity contribution in [3.8, 4) is 16.9 Å². The molecule has 0 saturated heterocycles. The Morgan fingerprint density at radius 1 is 0.906 bits per heavy atom. The van der Waals surface area contributed by atoms with E-state index in [0.717, 1.165) is 28.0 Å². The van der Waals surface area contributed by atoms with E-state index in [1.165, 1.54) is 0 Å². The summed E-state index contributed by atoms with van der Waals surface area (Å²) in [4.78, 5) is 16.1. The molecular weight excluding hydrogens is 422 g/mol. The first-order chi connectivity index (χ1) is 15.7. The Bertz CT molecular complexity index is 1170. The van der Waals surface area contributed by atoms with Gasteiger partial charge in [0, 0.05) is 35.2 Å². The SMILES string of the molecule is O=C(NCc1cccnc1)Nc1ccc(COc2ccc(Cl)cc2-c2ccccc2)cc1. The predicted molar refractivity (Wildman–Crippen MR) is 128 cm³/mol. The van der Waals surface area contributed by atoms with Gasteiger partial charge < -0.3 is 15.4 Å². The van der Waals surface area contributed by atoms with Crippen LogP contribution in [0.15, 0.2) is 97.3 Å². The summed E-state index contributed by atoms with van der Waals surface area (Å²) < 4.78 is 6.08. The zero-order valence-corrected chi connectivity index (χ0v) is 18.0. The Labute approximate surface area is 192 Å². The maximum atomic E-state index is 12.1. The molecule has 0 saturated carbocycles. The van der Waals surface area contributed by atoms with Crippen LogP contribution in [-0.2, 0) is 13.2 Å². The van der Waals surface area contributed by atoms with Crippen LogP contribution in [-0.4, -0.2) is 11.0 Å². The fraction of sp³-hybridized carbons (Fsp3) is 0.0769. The van der Waals surface area contributed by atoms with E-state index in [9.17, 15) is 4.79 Å². The number of rotatable bonds is 7. The second kappa shape index (κ2) is 10.5. The molecule has 0 radical (unpaired) electrons. The van der Waals surface area contributed by atoms with Crippen LogP contribution in [0, 0.1) is 0 Å². The van der Waals surface area contributed by atoms with Crippen molar-refractivity contribution in [3.05, 3.63) is 113 Å². The summed E-state index contributed by atoms with van der Waals surface area (Å²) in [6.45, 7) is 0.811. The lowest BCUT2D eigenvalue weighted by molar-refractivity contribution is 0.251. The second-order valence-corrected chi connectivity index (χ2v) is 7.60. The van der Waals surface area contributed by atoms with Crippen LogP contribution in [0.3, 0.4) is 0 Å². The van der Waals surface area contributed by atoms with Gasteiger partial charge in [-0.2, -0.15) is 0 Å². The Kier molecular flexibility index (Phi) is 7.00. The number of anilines is 1. The topological polar surface area (TPSA) is 63.2 Å². The van der Waals surface area contributed by atoms with E-state index in [1.54, 1.807) is 12.4 Å². The van der Waals surface area contributed by atoms with E-state index in [4.69, 9.17) is 16.3 Å². The van der Waals surface area contributed by atoms with Crippen molar-refractivity contribution >= 4 is 23.3 Å². The quantitative estimate of drug-likeness (QED) is 0.352. The summed E-state index contributed by atoms with van der Waals surface area (Å²) in [6.07, 6.45) is 3.42. The monoisotopic (exact) mass is 443 g/mol. The molecule has 0 atom stereocenters. The van der Waals surface area contributed by atoms with Gasteiger partial charge in [0.05, 0.1) is 0 Å². The first-order valence-corrected chi connectivity index (χ1v) is 10.6. The summed E-state index contributed by atoms with van der Waals surface area (Å²) in [7, 11) is 0. The third-order valence-electron chi connectivity index (χ3n) is 4.81. The fourth-order valence-electron chi connectivity index (χ4n) is 3.18. The fourth-order valence-corrected chi connectivity index (χ4v) is 3.35. The summed E-state index contributed by atoms with van der Waals surface area (Å²) in [5.74, 6) is 0.762. The van der Waals surface area contributed by atoms with Crippen molar-refractivity contribution in [1.29, 1.82) is 0 Å². The molecule has 1 heterocycles. The van der Waals surface area contributed by atoms with Crippen molar-refractivity contribution in [1.82, 2.24) is 10.3 Å². The molecule has 0 aliphatic rings. The normalized spacial score (nSPS) is 10.4. The molecule has 2 N–H and O–H groups in total. The predicted octanol–water partition coefficient (Wildman–Crippen LogP) is 6.30. The first kappa shape index (κ1) is 21.4. The largest absolute Gasteiger partial charge is 0.488 e. The van der Waals surface area contributed by atoms with Crippen LogP contribution in [0.25, 0.3) is 11.1 Å². The first-order valence-electron chi connectivity index (χ1n) is 10.2. The number of urea groups is 1. The molecule has 4 rings (SSSR count). The van der Waals surface area contributed by atoms with Crippen LogP contribution in [0.4, 0.5) is 10.5 Å². The number of amides is 2. The highest BCUT2D eigenvalue weighted by Gasteiger charge is 2.08. The molecule has 0 aliphatic heterocycles. The highest BCUT2D eigenvalue weighted by Crippen LogP contribution is 2.33. The van der Waals surface area contributed by atoms with Crippen molar-refractivity contribution in [3.63, 3.8) is 0 Å². The van der Waals surface area contributed by atoms with Crippen molar-refractivity contribution in [2.75, 3.05) is 5.32 Å². The molecule has 1 aromatic heterocycles. The molecule has 0 spiro atoms. The Morgan fingerprint density at radius 3 is 2.47 bits per heavy atom. The standard InChI is InChI=1S/C26H22ClN3O2/c27-22-10-13-25(24(15-22)21-6-2-1-3-7-21)32-18-19-8-11-23(12-9-19)30-26(31)29-17-20-5-4-14-28-16-20/h1-16H,17-18H2,(H2,29,30,31). The van der Waals surface area contributed by atoms with Gasteiger partial charge in [-0.15, -0.1) is 0 Å². The molecule has 32 heavy (non-hydrogen) atoms. The van der Waals surface area contributed by atoms with Crippen molar-refractivity contribution in [2.45, 2.75) is 13.2 Å². The molecule has 6 heteroatoms. The molecule has 0 aliphatic carbocycles. The average molecular weight is 444 g/mol. The van der Waals surface area contributed by atoms with E-state index >= 15 is 0 Å². The van der Waals surface area contributed by atoms with Crippen molar-refractivity contribution in [2.24, 2.45) is 0 Å². The summed E-state index contributed by atoms with van der Waals surface area (Å²) >= 11 is 6.20. The van der Waals surface area contributed by atoms with E-state index < -0.39 is 0 Å². The maximum absolute atomic E-state index is 12.1. The number of carbonyl (C=O) groups excluding carboxylic acids is 1. The van der Waals surface area contributed by atoms with Gasteiger partial charge in [0.25, 0.3) is 0 Å². The molecule has 0 bridgehead atoms. The molecule has 3 aromatic carbocycles. The van der Waals surface area contributed by atoms with Crippen LogP contribution < -0.4 is 15.4 Å². The summed E-state index contributed by atoms with van der Waals surface area (Å²) in [5.41, 5.74) is 4.62. The van der Waals surface area contributed by atoms with E-state index in [1.807, 2.05) is 84.9 Å². The lowest BCUT2D eigenvalue weighted by atomic mass is 10.0. The number of aromatic nitrogens is 1. The smallest absolute Gasteiger partial charge is 0.319 e. The lowest BCUT2D eigenvalue weighted by Crippen LogP contribution is -2.28. The van der Waals surface area contributed by atoms with Crippen LogP contribution in [0.5, 0.6) is 5.75 Å². The van der Waals surface area contributed by atoms with E-state index in [2.05, 4.69) is 15.6 Å². The zero-order chi connectivity index (χ0) is 22.2. The molecular formula is C26H22ClN3O2. The minimum atomic E-state index is -0.272. The summed E-state index contributed by atoms with van der Waals surface area (Å²) in [5, 5.41) is 6.29.